The standard InChI is InChI=1S/C20H25N3O7S2/c1-13(17(24)29-20(2,3)4)30-23-16(15-12-31-19(21)22-15)18(25)28-10-11-32(26,27)14-8-6-5-7-9-14/h5-9,12-13H,10-11H2,1-4H3,(H2,21,22). The number of carbonyl (C=O) groups is 2. The van der Waals surface area contributed by atoms with E-state index in [1.54, 1.807) is 39.0 Å². The van der Waals surface area contributed by atoms with Crippen LogP contribution in [0, 0.1) is 0 Å². The molecular formula is C20H25N3O7S2. The van der Waals surface area contributed by atoms with Gasteiger partial charge in [0.15, 0.2) is 15.0 Å². The van der Waals surface area contributed by atoms with E-state index in [1.807, 2.05) is 0 Å². The highest BCUT2D eigenvalue weighted by Gasteiger charge is 2.26. The zero-order chi connectivity index (χ0) is 23.9. The van der Waals surface area contributed by atoms with Crippen molar-refractivity contribution in [3.8, 4) is 0 Å². The summed E-state index contributed by atoms with van der Waals surface area (Å²) in [6.07, 6.45) is -1.12. The first-order valence-corrected chi connectivity index (χ1v) is 12.1. The SMILES string of the molecule is CC(ON=C(C(=O)OCCS(=O)(=O)c1ccccc1)c1csc(N)n1)C(=O)OC(C)(C)C. The highest BCUT2D eigenvalue weighted by molar-refractivity contribution is 7.91. The molecule has 1 aromatic heterocycles. The van der Waals surface area contributed by atoms with E-state index in [0.717, 1.165) is 11.3 Å². The van der Waals surface area contributed by atoms with Gasteiger partial charge in [0.05, 0.1) is 10.6 Å². The quantitative estimate of drug-likeness (QED) is 0.322. The van der Waals surface area contributed by atoms with Crippen LogP contribution in [-0.4, -0.2) is 55.1 Å². The molecule has 0 saturated heterocycles. The van der Waals surface area contributed by atoms with Crippen LogP contribution in [0.5, 0.6) is 0 Å². The number of hydrogen-bond acceptors (Lipinski definition) is 11. The average Bonchev–Trinajstić information content (AvgIpc) is 3.13. The molecule has 0 fully saturated rings. The fourth-order valence-corrected chi connectivity index (χ4v) is 3.86. The molecule has 0 radical (unpaired) electrons. The van der Waals surface area contributed by atoms with Crippen LogP contribution in [0.1, 0.15) is 33.4 Å². The van der Waals surface area contributed by atoms with Crippen LogP contribution in [0.25, 0.3) is 0 Å². The smallest absolute Gasteiger partial charge is 0.362 e. The number of oxime groups is 1. The summed E-state index contributed by atoms with van der Waals surface area (Å²) in [6.45, 7) is 6.08. The maximum Gasteiger partial charge on any atom is 0.362 e. The second-order valence-electron chi connectivity index (χ2n) is 7.56. The third-order valence-electron chi connectivity index (χ3n) is 3.69. The van der Waals surface area contributed by atoms with Gasteiger partial charge in [-0.25, -0.2) is 23.0 Å². The largest absolute Gasteiger partial charge is 0.460 e. The Kier molecular flexibility index (Phi) is 8.33. The van der Waals surface area contributed by atoms with Crippen molar-refractivity contribution in [1.29, 1.82) is 0 Å². The highest BCUT2D eigenvalue weighted by Crippen LogP contribution is 2.15. The third kappa shape index (κ3) is 7.61. The Hall–Kier alpha value is -2.99. The van der Waals surface area contributed by atoms with Crippen molar-refractivity contribution in [3.63, 3.8) is 0 Å². The fraction of sp³-hybridized carbons (Fsp3) is 0.400. The van der Waals surface area contributed by atoms with Crippen LogP contribution >= 0.6 is 11.3 Å². The molecule has 0 spiro atoms. The Bertz CT molecular complexity index is 1070. The second kappa shape index (κ2) is 10.6. The van der Waals surface area contributed by atoms with Gasteiger partial charge in [-0.2, -0.15) is 0 Å². The maximum absolute atomic E-state index is 12.6. The Balaban J connectivity index is 2.09. The van der Waals surface area contributed by atoms with Crippen LogP contribution < -0.4 is 5.73 Å². The predicted molar refractivity (Wildman–Crippen MR) is 119 cm³/mol. The van der Waals surface area contributed by atoms with Gasteiger partial charge in [-0.1, -0.05) is 23.4 Å². The minimum atomic E-state index is -3.64. The van der Waals surface area contributed by atoms with E-state index in [0.29, 0.717) is 0 Å². The summed E-state index contributed by atoms with van der Waals surface area (Å²) in [5, 5.41) is 5.34. The van der Waals surface area contributed by atoms with Gasteiger partial charge in [-0.3, -0.25) is 0 Å². The molecule has 0 aliphatic carbocycles. The van der Waals surface area contributed by atoms with Crippen molar-refractivity contribution in [2.24, 2.45) is 5.16 Å². The molecule has 0 amide bonds. The first-order valence-electron chi connectivity index (χ1n) is 9.52. The number of carbonyl (C=O) groups excluding carboxylic acids is 2. The first-order chi connectivity index (χ1) is 14.9. The van der Waals surface area contributed by atoms with Crippen LogP contribution in [0.4, 0.5) is 5.13 Å². The molecule has 1 aromatic carbocycles. The van der Waals surface area contributed by atoms with Crippen molar-refractivity contribution in [2.45, 2.75) is 44.3 Å². The lowest BCUT2D eigenvalue weighted by atomic mass is 10.2. The van der Waals surface area contributed by atoms with Gasteiger partial charge in [0.1, 0.15) is 17.9 Å². The van der Waals surface area contributed by atoms with Gasteiger partial charge in [0, 0.05) is 5.38 Å². The molecule has 1 atom stereocenters. The monoisotopic (exact) mass is 483 g/mol. The predicted octanol–water partition coefficient (Wildman–Crippen LogP) is 2.19. The minimum absolute atomic E-state index is 0.0693. The molecule has 174 valence electrons. The van der Waals surface area contributed by atoms with Crippen LogP contribution in [0.15, 0.2) is 45.8 Å². The van der Waals surface area contributed by atoms with Gasteiger partial charge < -0.3 is 20.0 Å². The van der Waals surface area contributed by atoms with Crippen molar-refractivity contribution < 1.29 is 32.3 Å². The summed E-state index contributed by atoms with van der Waals surface area (Å²) in [4.78, 5) is 33.8. The van der Waals surface area contributed by atoms with Crippen LogP contribution in [0.3, 0.4) is 0 Å². The zero-order valence-electron chi connectivity index (χ0n) is 18.1. The topological polar surface area (TPSA) is 147 Å². The maximum atomic E-state index is 12.6. The second-order valence-corrected chi connectivity index (χ2v) is 10.6. The first kappa shape index (κ1) is 25.3. The number of benzene rings is 1. The molecule has 0 bridgehead atoms. The molecule has 1 unspecified atom stereocenters. The lowest BCUT2D eigenvalue weighted by Gasteiger charge is -2.21. The lowest BCUT2D eigenvalue weighted by Crippen LogP contribution is -2.31. The molecule has 1 heterocycles. The average molecular weight is 484 g/mol. The summed E-state index contributed by atoms with van der Waals surface area (Å²) in [5.41, 5.74) is 4.60. The molecule has 2 rings (SSSR count). The lowest BCUT2D eigenvalue weighted by molar-refractivity contribution is -0.167. The van der Waals surface area contributed by atoms with E-state index in [4.69, 9.17) is 20.0 Å². The summed E-state index contributed by atoms with van der Waals surface area (Å²) in [5.74, 6) is -2.08. The molecular weight excluding hydrogens is 458 g/mol. The van der Waals surface area contributed by atoms with Crippen LogP contribution in [-0.2, 0) is 33.7 Å². The van der Waals surface area contributed by atoms with E-state index >= 15 is 0 Å². The molecule has 2 N–H and O–H groups in total. The Labute approximate surface area is 190 Å². The number of nitrogens with two attached hydrogens (primary N) is 1. The third-order valence-corrected chi connectivity index (χ3v) is 6.05. The van der Waals surface area contributed by atoms with Crippen molar-refractivity contribution in [3.05, 3.63) is 41.4 Å². The van der Waals surface area contributed by atoms with E-state index in [-0.39, 0.29) is 21.4 Å². The molecule has 0 saturated carbocycles. The summed E-state index contributed by atoms with van der Waals surface area (Å²) < 4.78 is 34.9. The zero-order valence-corrected chi connectivity index (χ0v) is 19.7. The number of hydrogen-bond donors (Lipinski definition) is 1. The molecule has 0 aliphatic rings. The number of anilines is 1. The van der Waals surface area contributed by atoms with Crippen molar-refractivity contribution >= 4 is 44.0 Å². The number of sulfone groups is 1. The number of esters is 2. The Morgan fingerprint density at radius 2 is 1.88 bits per heavy atom. The molecule has 2 aromatic rings. The van der Waals surface area contributed by atoms with Crippen molar-refractivity contribution in [2.75, 3.05) is 18.1 Å². The van der Waals surface area contributed by atoms with Gasteiger partial charge in [0.2, 0.25) is 11.8 Å². The van der Waals surface area contributed by atoms with Gasteiger partial charge in [-0.05, 0) is 39.8 Å². The molecule has 0 aliphatic heterocycles. The van der Waals surface area contributed by atoms with Gasteiger partial charge in [0.25, 0.3) is 0 Å². The minimum Gasteiger partial charge on any atom is -0.460 e. The number of thiazole rings is 1. The van der Waals surface area contributed by atoms with Crippen molar-refractivity contribution in [1.82, 2.24) is 4.98 Å². The highest BCUT2D eigenvalue weighted by atomic mass is 32.2. The van der Waals surface area contributed by atoms with Crippen LogP contribution in [0.2, 0.25) is 0 Å². The number of nitrogen functional groups attached to an aromatic ring is 1. The fourth-order valence-electron chi connectivity index (χ4n) is 2.20. The van der Waals surface area contributed by atoms with E-state index in [2.05, 4.69) is 10.1 Å². The molecule has 12 heteroatoms. The number of aromatic nitrogens is 1. The molecule has 10 nitrogen and oxygen atoms in total. The number of rotatable bonds is 9. The van der Waals surface area contributed by atoms with E-state index < -0.39 is 45.8 Å². The summed E-state index contributed by atoms with van der Waals surface area (Å²) in [7, 11) is -3.64. The normalized spacial score (nSPS) is 13.3. The van der Waals surface area contributed by atoms with E-state index in [9.17, 15) is 18.0 Å². The Morgan fingerprint density at radius 1 is 1.22 bits per heavy atom. The summed E-state index contributed by atoms with van der Waals surface area (Å²) >= 11 is 1.06. The number of ether oxygens (including phenoxy) is 2. The molecule has 32 heavy (non-hydrogen) atoms. The number of nitrogens with zero attached hydrogens (tertiary/aromatic N) is 2. The van der Waals surface area contributed by atoms with Gasteiger partial charge >= 0.3 is 11.9 Å². The Morgan fingerprint density at radius 3 is 2.44 bits per heavy atom. The van der Waals surface area contributed by atoms with Gasteiger partial charge in [-0.15, -0.1) is 11.3 Å². The van der Waals surface area contributed by atoms with E-state index in [1.165, 1.54) is 24.4 Å². The summed E-state index contributed by atoms with van der Waals surface area (Å²) in [6, 6.07) is 7.79.